The number of carbonyl (C=O) groups excluding carboxylic acids is 1. The SMILES string of the molecule is CCC(=O)N(Cc1cccnc1)Cc1cc2ccccc2[nH]c1=O. The number of hydrogen-bond acceptors (Lipinski definition) is 3. The molecule has 1 amide bonds. The maximum Gasteiger partial charge on any atom is 0.253 e. The lowest BCUT2D eigenvalue weighted by Crippen LogP contribution is -2.31. The van der Waals surface area contributed by atoms with Gasteiger partial charge in [-0.25, -0.2) is 0 Å². The Hall–Kier alpha value is -2.95. The number of fused-ring (bicyclic) bond motifs is 1. The average Bonchev–Trinajstić information content (AvgIpc) is 2.62. The number of para-hydroxylation sites is 1. The van der Waals surface area contributed by atoms with Crippen LogP contribution in [0.5, 0.6) is 0 Å². The Bertz CT molecular complexity index is 903. The molecule has 0 aliphatic rings. The van der Waals surface area contributed by atoms with Gasteiger partial charge in [0.25, 0.3) is 5.56 Å². The van der Waals surface area contributed by atoms with Gasteiger partial charge in [-0.15, -0.1) is 0 Å². The van der Waals surface area contributed by atoms with Crippen molar-refractivity contribution in [3.63, 3.8) is 0 Å². The largest absolute Gasteiger partial charge is 0.334 e. The molecule has 2 aromatic heterocycles. The summed E-state index contributed by atoms with van der Waals surface area (Å²) in [5.41, 5.74) is 2.16. The number of amides is 1. The van der Waals surface area contributed by atoms with Crippen molar-refractivity contribution in [2.45, 2.75) is 26.4 Å². The summed E-state index contributed by atoms with van der Waals surface area (Å²) in [7, 11) is 0. The van der Waals surface area contributed by atoms with Crippen molar-refractivity contribution in [3.05, 3.63) is 76.3 Å². The Labute approximate surface area is 140 Å². The summed E-state index contributed by atoms with van der Waals surface area (Å²) < 4.78 is 0. The van der Waals surface area contributed by atoms with Gasteiger partial charge in [-0.05, 0) is 29.1 Å². The zero-order chi connectivity index (χ0) is 16.9. The molecule has 2 heterocycles. The number of H-pyrrole nitrogens is 1. The van der Waals surface area contributed by atoms with Crippen molar-refractivity contribution in [1.29, 1.82) is 0 Å². The third-order valence-electron chi connectivity index (χ3n) is 3.94. The minimum Gasteiger partial charge on any atom is -0.334 e. The number of nitrogens with zero attached hydrogens (tertiary/aromatic N) is 2. The zero-order valence-electron chi connectivity index (χ0n) is 13.5. The van der Waals surface area contributed by atoms with E-state index in [-0.39, 0.29) is 18.0 Å². The van der Waals surface area contributed by atoms with E-state index in [0.29, 0.717) is 18.5 Å². The number of benzene rings is 1. The number of rotatable bonds is 5. The lowest BCUT2D eigenvalue weighted by Gasteiger charge is -2.22. The summed E-state index contributed by atoms with van der Waals surface area (Å²) in [5.74, 6) is 0.00594. The van der Waals surface area contributed by atoms with Crippen molar-refractivity contribution in [2.24, 2.45) is 0 Å². The van der Waals surface area contributed by atoms with Crippen LogP contribution in [0.4, 0.5) is 0 Å². The number of carbonyl (C=O) groups is 1. The second kappa shape index (κ2) is 7.08. The molecule has 0 spiro atoms. The standard InChI is InChI=1S/C19H19N3O2/c1-2-18(23)22(12-14-6-5-9-20-11-14)13-16-10-15-7-3-4-8-17(15)21-19(16)24/h3-11H,2,12-13H2,1H3,(H,21,24). The van der Waals surface area contributed by atoms with Crippen LogP contribution < -0.4 is 5.56 Å². The van der Waals surface area contributed by atoms with Gasteiger partial charge in [-0.2, -0.15) is 0 Å². The van der Waals surface area contributed by atoms with Crippen LogP contribution in [-0.4, -0.2) is 20.8 Å². The molecule has 1 aromatic carbocycles. The molecule has 24 heavy (non-hydrogen) atoms. The van der Waals surface area contributed by atoms with Gasteiger partial charge in [-0.1, -0.05) is 31.2 Å². The predicted molar refractivity (Wildman–Crippen MR) is 93.4 cm³/mol. The number of hydrogen-bond donors (Lipinski definition) is 1. The highest BCUT2D eigenvalue weighted by Crippen LogP contribution is 2.13. The first kappa shape index (κ1) is 15.9. The molecule has 0 fully saturated rings. The first-order valence-corrected chi connectivity index (χ1v) is 7.95. The summed E-state index contributed by atoms with van der Waals surface area (Å²) in [6, 6.07) is 13.2. The van der Waals surface area contributed by atoms with Gasteiger partial charge in [0.05, 0.1) is 6.54 Å². The van der Waals surface area contributed by atoms with Crippen LogP contribution in [0.3, 0.4) is 0 Å². The lowest BCUT2D eigenvalue weighted by atomic mass is 10.1. The molecular formula is C19H19N3O2. The third-order valence-corrected chi connectivity index (χ3v) is 3.94. The van der Waals surface area contributed by atoms with E-state index in [9.17, 15) is 9.59 Å². The smallest absolute Gasteiger partial charge is 0.253 e. The van der Waals surface area contributed by atoms with Crippen molar-refractivity contribution in [1.82, 2.24) is 14.9 Å². The average molecular weight is 321 g/mol. The van der Waals surface area contributed by atoms with E-state index in [2.05, 4.69) is 9.97 Å². The van der Waals surface area contributed by atoms with Crippen LogP contribution >= 0.6 is 0 Å². The molecule has 0 atom stereocenters. The van der Waals surface area contributed by atoms with Crippen LogP contribution in [0.2, 0.25) is 0 Å². The van der Waals surface area contributed by atoms with E-state index >= 15 is 0 Å². The summed E-state index contributed by atoms with van der Waals surface area (Å²) in [5, 5.41) is 0.956. The van der Waals surface area contributed by atoms with Crippen LogP contribution in [0, 0.1) is 0 Å². The van der Waals surface area contributed by atoms with Crippen molar-refractivity contribution in [3.8, 4) is 0 Å². The number of aromatic amines is 1. The summed E-state index contributed by atoms with van der Waals surface area (Å²) >= 11 is 0. The van der Waals surface area contributed by atoms with Crippen LogP contribution in [0.25, 0.3) is 10.9 Å². The second-order valence-corrected chi connectivity index (χ2v) is 5.68. The van der Waals surface area contributed by atoms with Gasteiger partial charge in [-0.3, -0.25) is 14.6 Å². The first-order valence-electron chi connectivity index (χ1n) is 7.95. The van der Waals surface area contributed by atoms with Gasteiger partial charge >= 0.3 is 0 Å². The van der Waals surface area contributed by atoms with Gasteiger partial charge in [0.1, 0.15) is 0 Å². The van der Waals surface area contributed by atoms with Gasteiger partial charge in [0.2, 0.25) is 5.91 Å². The molecule has 1 N–H and O–H groups in total. The van der Waals surface area contributed by atoms with Gasteiger partial charge in [0.15, 0.2) is 0 Å². The first-order chi connectivity index (χ1) is 11.7. The Kier molecular flexibility index (Phi) is 4.70. The molecule has 0 aliphatic heterocycles. The molecule has 0 radical (unpaired) electrons. The highest BCUT2D eigenvalue weighted by molar-refractivity contribution is 5.79. The molecule has 0 saturated carbocycles. The van der Waals surface area contributed by atoms with Crippen LogP contribution in [0.1, 0.15) is 24.5 Å². The topological polar surface area (TPSA) is 66.1 Å². The number of nitrogens with one attached hydrogen (secondary N) is 1. The van der Waals surface area contributed by atoms with Crippen molar-refractivity contribution in [2.75, 3.05) is 0 Å². The third kappa shape index (κ3) is 3.51. The van der Waals surface area contributed by atoms with E-state index < -0.39 is 0 Å². The minimum atomic E-state index is -0.159. The molecule has 3 rings (SSSR count). The predicted octanol–water partition coefficient (Wildman–Crippen LogP) is 2.86. The normalized spacial score (nSPS) is 10.7. The fraction of sp³-hybridized carbons (Fsp3) is 0.211. The highest BCUT2D eigenvalue weighted by atomic mass is 16.2. The van der Waals surface area contributed by atoms with E-state index in [0.717, 1.165) is 16.5 Å². The molecule has 5 nitrogen and oxygen atoms in total. The zero-order valence-corrected chi connectivity index (χ0v) is 13.5. The van der Waals surface area contributed by atoms with E-state index in [1.54, 1.807) is 17.3 Å². The number of aromatic nitrogens is 2. The van der Waals surface area contributed by atoms with Crippen LogP contribution in [0.15, 0.2) is 59.7 Å². The Balaban J connectivity index is 1.91. The fourth-order valence-electron chi connectivity index (χ4n) is 2.68. The highest BCUT2D eigenvalue weighted by Gasteiger charge is 2.15. The minimum absolute atomic E-state index is 0.00594. The van der Waals surface area contributed by atoms with E-state index in [1.165, 1.54) is 0 Å². The van der Waals surface area contributed by atoms with Crippen molar-refractivity contribution < 1.29 is 4.79 Å². The van der Waals surface area contributed by atoms with Crippen LogP contribution in [-0.2, 0) is 17.9 Å². The van der Waals surface area contributed by atoms with E-state index in [4.69, 9.17) is 0 Å². The molecule has 0 aliphatic carbocycles. The summed E-state index contributed by atoms with van der Waals surface area (Å²) in [6.07, 6.45) is 3.83. The van der Waals surface area contributed by atoms with Gasteiger partial charge in [0, 0.05) is 36.4 Å². The fourth-order valence-corrected chi connectivity index (χ4v) is 2.68. The van der Waals surface area contributed by atoms with E-state index in [1.807, 2.05) is 49.4 Å². The molecule has 122 valence electrons. The maximum atomic E-state index is 12.3. The molecule has 0 saturated heterocycles. The molecule has 0 bridgehead atoms. The lowest BCUT2D eigenvalue weighted by molar-refractivity contribution is -0.132. The molecule has 3 aromatic rings. The number of pyridine rings is 2. The summed E-state index contributed by atoms with van der Waals surface area (Å²) in [4.78, 5) is 33.3. The maximum absolute atomic E-state index is 12.3. The molecule has 0 unspecified atom stereocenters. The monoisotopic (exact) mass is 321 g/mol. The Morgan fingerprint density at radius 3 is 2.75 bits per heavy atom. The quantitative estimate of drug-likeness (QED) is 0.786. The molecule has 5 heteroatoms. The Morgan fingerprint density at radius 2 is 2.00 bits per heavy atom. The molecular weight excluding hydrogens is 302 g/mol. The second-order valence-electron chi connectivity index (χ2n) is 5.68. The summed E-state index contributed by atoms with van der Waals surface area (Å²) in [6.45, 7) is 2.54. The van der Waals surface area contributed by atoms with Crippen molar-refractivity contribution >= 4 is 16.8 Å². The Morgan fingerprint density at radius 1 is 1.17 bits per heavy atom. The van der Waals surface area contributed by atoms with Gasteiger partial charge < -0.3 is 9.88 Å².